The van der Waals surface area contributed by atoms with Crippen molar-refractivity contribution in [2.75, 3.05) is 44.8 Å². The summed E-state index contributed by atoms with van der Waals surface area (Å²) < 4.78 is 5.80. The van der Waals surface area contributed by atoms with Gasteiger partial charge in [0.2, 0.25) is 5.91 Å². The molecule has 3 aliphatic rings. The van der Waals surface area contributed by atoms with E-state index >= 15 is 0 Å². The van der Waals surface area contributed by atoms with Gasteiger partial charge in [-0.25, -0.2) is 0 Å². The van der Waals surface area contributed by atoms with Gasteiger partial charge < -0.3 is 14.5 Å². The Bertz CT molecular complexity index is 401. The standard InChI is InChI=1S/C20H36N2O2S/c1-25-14-10-20(23)22(16-19-7-4-13-24-19)15-17-8-11-21(12-9-17)18-5-2-3-6-18/h17-19H,2-16H2,1H3/t19-/m0/s1. The van der Waals surface area contributed by atoms with Crippen molar-refractivity contribution in [2.45, 2.75) is 69.9 Å². The number of rotatable bonds is 8. The molecule has 4 nitrogen and oxygen atoms in total. The molecule has 25 heavy (non-hydrogen) atoms. The summed E-state index contributed by atoms with van der Waals surface area (Å²) in [4.78, 5) is 17.6. The van der Waals surface area contributed by atoms with Gasteiger partial charge in [-0.2, -0.15) is 11.8 Å². The summed E-state index contributed by atoms with van der Waals surface area (Å²) in [6.45, 7) is 5.11. The van der Waals surface area contributed by atoms with E-state index in [1.165, 1.54) is 51.6 Å². The van der Waals surface area contributed by atoms with Crippen molar-refractivity contribution in [2.24, 2.45) is 5.92 Å². The molecule has 1 saturated carbocycles. The molecule has 1 atom stereocenters. The number of amides is 1. The largest absolute Gasteiger partial charge is 0.376 e. The number of hydrogen-bond acceptors (Lipinski definition) is 4. The van der Waals surface area contributed by atoms with Crippen LogP contribution in [-0.4, -0.2) is 72.6 Å². The SMILES string of the molecule is CSCCC(=O)N(CC1CCN(C2CCCC2)CC1)C[C@@H]1CCCO1. The first-order valence-corrected chi connectivity index (χ1v) is 11.8. The highest BCUT2D eigenvalue weighted by molar-refractivity contribution is 7.98. The van der Waals surface area contributed by atoms with Gasteiger partial charge in [0.15, 0.2) is 0 Å². The number of nitrogens with zero attached hydrogens (tertiary/aromatic N) is 2. The summed E-state index contributed by atoms with van der Waals surface area (Å²) in [5.74, 6) is 1.95. The first-order valence-electron chi connectivity index (χ1n) is 10.4. The average molecular weight is 369 g/mol. The van der Waals surface area contributed by atoms with Crippen LogP contribution in [0.15, 0.2) is 0 Å². The fourth-order valence-electron chi connectivity index (χ4n) is 4.74. The number of ether oxygens (including phenoxy) is 1. The molecular weight excluding hydrogens is 332 g/mol. The topological polar surface area (TPSA) is 32.8 Å². The van der Waals surface area contributed by atoms with E-state index in [2.05, 4.69) is 16.1 Å². The third kappa shape index (κ3) is 5.86. The number of hydrogen-bond donors (Lipinski definition) is 0. The van der Waals surface area contributed by atoms with Crippen LogP contribution in [0.1, 0.15) is 57.8 Å². The summed E-state index contributed by atoms with van der Waals surface area (Å²) in [5, 5.41) is 0. The minimum atomic E-state index is 0.275. The Hall–Kier alpha value is -0.260. The quantitative estimate of drug-likeness (QED) is 0.657. The van der Waals surface area contributed by atoms with Gasteiger partial charge in [-0.1, -0.05) is 12.8 Å². The Labute approximate surface area is 158 Å². The Morgan fingerprint density at radius 1 is 1.08 bits per heavy atom. The maximum Gasteiger partial charge on any atom is 0.223 e. The van der Waals surface area contributed by atoms with Crippen LogP contribution in [0, 0.1) is 5.92 Å². The second kappa shape index (κ2) is 10.2. The molecule has 2 aliphatic heterocycles. The molecule has 5 heteroatoms. The summed E-state index contributed by atoms with van der Waals surface area (Å²) in [6, 6.07) is 0.854. The van der Waals surface area contributed by atoms with Crippen LogP contribution in [0.25, 0.3) is 0 Å². The van der Waals surface area contributed by atoms with Gasteiger partial charge in [0.25, 0.3) is 0 Å². The molecular formula is C20H36N2O2S. The molecule has 2 saturated heterocycles. The maximum absolute atomic E-state index is 12.7. The molecule has 3 fully saturated rings. The Morgan fingerprint density at radius 3 is 2.48 bits per heavy atom. The Balaban J connectivity index is 1.47. The van der Waals surface area contributed by atoms with Crippen molar-refractivity contribution in [3.8, 4) is 0 Å². The van der Waals surface area contributed by atoms with E-state index < -0.39 is 0 Å². The zero-order chi connectivity index (χ0) is 17.5. The van der Waals surface area contributed by atoms with Crippen LogP contribution in [-0.2, 0) is 9.53 Å². The molecule has 0 bridgehead atoms. The molecule has 2 heterocycles. The summed E-state index contributed by atoms with van der Waals surface area (Å²) in [5.41, 5.74) is 0. The lowest BCUT2D eigenvalue weighted by atomic mass is 9.94. The van der Waals surface area contributed by atoms with Crippen molar-refractivity contribution in [3.63, 3.8) is 0 Å². The van der Waals surface area contributed by atoms with E-state index in [0.717, 1.165) is 44.3 Å². The third-order valence-corrected chi connectivity index (χ3v) is 6.90. The van der Waals surface area contributed by atoms with Crippen LogP contribution < -0.4 is 0 Å². The fraction of sp³-hybridized carbons (Fsp3) is 0.950. The highest BCUT2D eigenvalue weighted by atomic mass is 32.2. The smallest absolute Gasteiger partial charge is 0.223 e. The van der Waals surface area contributed by atoms with Gasteiger partial charge >= 0.3 is 0 Å². The van der Waals surface area contributed by atoms with Crippen LogP contribution in [0.5, 0.6) is 0 Å². The predicted octanol–water partition coefficient (Wildman–Crippen LogP) is 3.40. The molecule has 0 aromatic rings. The average Bonchev–Trinajstić information content (AvgIpc) is 3.33. The molecule has 1 aliphatic carbocycles. The van der Waals surface area contributed by atoms with E-state index in [1.54, 1.807) is 11.8 Å². The van der Waals surface area contributed by atoms with Crippen molar-refractivity contribution in [1.82, 2.24) is 9.80 Å². The monoisotopic (exact) mass is 368 g/mol. The van der Waals surface area contributed by atoms with Crippen molar-refractivity contribution in [1.29, 1.82) is 0 Å². The van der Waals surface area contributed by atoms with Crippen molar-refractivity contribution < 1.29 is 9.53 Å². The number of carbonyl (C=O) groups excluding carboxylic acids is 1. The maximum atomic E-state index is 12.7. The van der Waals surface area contributed by atoms with Gasteiger partial charge in [0, 0.05) is 37.9 Å². The lowest BCUT2D eigenvalue weighted by Crippen LogP contribution is -2.45. The molecule has 144 valence electrons. The van der Waals surface area contributed by atoms with Gasteiger partial charge in [0.05, 0.1) is 6.10 Å². The molecule has 0 aromatic heterocycles. The predicted molar refractivity (Wildman–Crippen MR) is 105 cm³/mol. The second-order valence-electron chi connectivity index (χ2n) is 8.09. The molecule has 0 aromatic carbocycles. The zero-order valence-electron chi connectivity index (χ0n) is 16.0. The van der Waals surface area contributed by atoms with E-state index in [1.807, 2.05) is 0 Å². The molecule has 3 rings (SSSR count). The molecule has 0 unspecified atom stereocenters. The second-order valence-corrected chi connectivity index (χ2v) is 9.08. The van der Waals surface area contributed by atoms with Crippen molar-refractivity contribution >= 4 is 17.7 Å². The highest BCUT2D eigenvalue weighted by Crippen LogP contribution is 2.28. The van der Waals surface area contributed by atoms with Crippen LogP contribution in [0.2, 0.25) is 0 Å². The number of piperidine rings is 1. The molecule has 1 amide bonds. The van der Waals surface area contributed by atoms with Gasteiger partial charge in [-0.05, 0) is 63.8 Å². The third-order valence-electron chi connectivity index (χ3n) is 6.29. The molecule has 0 spiro atoms. The summed E-state index contributed by atoms with van der Waals surface area (Å²) in [6.07, 6.45) is 13.5. The lowest BCUT2D eigenvalue weighted by Gasteiger charge is -2.38. The summed E-state index contributed by atoms with van der Waals surface area (Å²) >= 11 is 1.77. The Kier molecular flexibility index (Phi) is 7.93. The first kappa shape index (κ1) is 19.5. The van der Waals surface area contributed by atoms with E-state index in [0.29, 0.717) is 18.2 Å². The Morgan fingerprint density at radius 2 is 1.84 bits per heavy atom. The van der Waals surface area contributed by atoms with Gasteiger partial charge in [-0.15, -0.1) is 0 Å². The van der Waals surface area contributed by atoms with E-state index in [9.17, 15) is 4.79 Å². The fourth-order valence-corrected chi connectivity index (χ4v) is 5.12. The van der Waals surface area contributed by atoms with Crippen LogP contribution in [0.3, 0.4) is 0 Å². The van der Waals surface area contributed by atoms with E-state index in [-0.39, 0.29) is 6.10 Å². The minimum absolute atomic E-state index is 0.275. The van der Waals surface area contributed by atoms with Crippen LogP contribution in [0.4, 0.5) is 0 Å². The highest BCUT2D eigenvalue weighted by Gasteiger charge is 2.30. The van der Waals surface area contributed by atoms with Crippen molar-refractivity contribution in [3.05, 3.63) is 0 Å². The normalized spacial score (nSPS) is 26.4. The van der Waals surface area contributed by atoms with E-state index in [4.69, 9.17) is 4.74 Å². The zero-order valence-corrected chi connectivity index (χ0v) is 16.8. The van der Waals surface area contributed by atoms with Gasteiger partial charge in [0.1, 0.15) is 0 Å². The lowest BCUT2D eigenvalue weighted by molar-refractivity contribution is -0.133. The molecule has 0 N–H and O–H groups in total. The number of carbonyl (C=O) groups is 1. The van der Waals surface area contributed by atoms with Crippen LogP contribution >= 0.6 is 11.8 Å². The first-order chi connectivity index (χ1) is 12.3. The number of likely N-dealkylation sites (tertiary alicyclic amines) is 1. The number of thioether (sulfide) groups is 1. The van der Waals surface area contributed by atoms with Gasteiger partial charge in [-0.3, -0.25) is 4.79 Å². The minimum Gasteiger partial charge on any atom is -0.376 e. The summed E-state index contributed by atoms with van der Waals surface area (Å²) in [7, 11) is 0. The molecule has 0 radical (unpaired) electrons.